The molecule has 1 heterocycles. The number of nitrogens with one attached hydrogen (secondary N) is 2. The highest BCUT2D eigenvalue weighted by Gasteiger charge is 2.21. The molecule has 0 aliphatic rings. The molecule has 112 valence electrons. The Labute approximate surface area is 119 Å². The number of hydrogen-bond acceptors (Lipinski definition) is 4. The Morgan fingerprint density at radius 3 is 2.85 bits per heavy atom. The van der Waals surface area contributed by atoms with E-state index < -0.39 is 6.10 Å². The van der Waals surface area contributed by atoms with E-state index in [-0.39, 0.29) is 18.4 Å². The van der Waals surface area contributed by atoms with Crippen molar-refractivity contribution in [3.8, 4) is 0 Å². The number of nitrogens with zero attached hydrogens (tertiary/aromatic N) is 1. The Balaban J connectivity index is 2.45. The molecule has 0 saturated carbocycles. The average molecular weight is 281 g/mol. The minimum Gasteiger partial charge on any atom is -0.391 e. The Bertz CT molecular complexity index is 404. The highest BCUT2D eigenvalue weighted by molar-refractivity contribution is 5.76. The monoisotopic (exact) mass is 281 g/mol. The van der Waals surface area contributed by atoms with Gasteiger partial charge in [0.1, 0.15) is 6.29 Å². The number of aliphatic hydroxyl groups is 1. The number of imidazole rings is 1. The van der Waals surface area contributed by atoms with E-state index in [0.29, 0.717) is 31.5 Å². The van der Waals surface area contributed by atoms with E-state index in [2.05, 4.69) is 15.3 Å². The predicted octanol–water partition coefficient (Wildman–Crippen LogP) is 0.823. The maximum absolute atomic E-state index is 11.9. The summed E-state index contributed by atoms with van der Waals surface area (Å²) in [5, 5.41) is 12.7. The molecule has 1 aromatic heterocycles. The van der Waals surface area contributed by atoms with E-state index in [4.69, 9.17) is 0 Å². The maximum Gasteiger partial charge on any atom is 0.220 e. The first kappa shape index (κ1) is 16.4. The molecule has 3 N–H and O–H groups in total. The van der Waals surface area contributed by atoms with Crippen LogP contribution in [-0.4, -0.2) is 39.4 Å². The zero-order chi connectivity index (χ0) is 15.0. The summed E-state index contributed by atoms with van der Waals surface area (Å²) in [4.78, 5) is 29.2. The fraction of sp³-hybridized carbons (Fsp3) is 0.643. The zero-order valence-corrected chi connectivity index (χ0v) is 12.0. The van der Waals surface area contributed by atoms with Gasteiger partial charge in [0.25, 0.3) is 0 Å². The molecule has 1 aromatic rings. The normalized spacial score (nSPS) is 14.0. The van der Waals surface area contributed by atoms with Crippen molar-refractivity contribution in [1.29, 1.82) is 0 Å². The minimum absolute atomic E-state index is 0.0399. The van der Waals surface area contributed by atoms with E-state index in [9.17, 15) is 14.7 Å². The fourth-order valence-corrected chi connectivity index (χ4v) is 2.03. The summed E-state index contributed by atoms with van der Waals surface area (Å²) in [6.07, 6.45) is 4.68. The summed E-state index contributed by atoms with van der Waals surface area (Å²) in [5.41, 5.74) is 0.897. The molecule has 0 fully saturated rings. The number of aromatic amines is 1. The van der Waals surface area contributed by atoms with Crippen LogP contribution in [0.3, 0.4) is 0 Å². The van der Waals surface area contributed by atoms with Crippen molar-refractivity contribution in [3.63, 3.8) is 0 Å². The Kier molecular flexibility index (Phi) is 6.93. The number of H-pyrrole nitrogens is 1. The fourth-order valence-electron chi connectivity index (χ4n) is 2.03. The Morgan fingerprint density at radius 1 is 1.55 bits per heavy atom. The molecule has 0 aromatic carbocycles. The van der Waals surface area contributed by atoms with Gasteiger partial charge in [0.15, 0.2) is 0 Å². The number of aliphatic hydroxyl groups excluding tert-OH is 1. The molecule has 6 heteroatoms. The Morgan fingerprint density at radius 2 is 2.30 bits per heavy atom. The third kappa shape index (κ3) is 5.97. The molecule has 20 heavy (non-hydrogen) atoms. The first-order valence-corrected chi connectivity index (χ1v) is 6.91. The van der Waals surface area contributed by atoms with Crippen LogP contribution in [-0.2, 0) is 16.0 Å². The number of aryl methyl sites for hydroxylation is 1. The highest BCUT2D eigenvalue weighted by Crippen LogP contribution is 2.11. The number of rotatable bonds is 9. The van der Waals surface area contributed by atoms with E-state index in [0.717, 1.165) is 5.69 Å². The van der Waals surface area contributed by atoms with Crippen LogP contribution >= 0.6 is 0 Å². The van der Waals surface area contributed by atoms with Gasteiger partial charge in [0.05, 0.1) is 18.5 Å². The number of carbonyl (C=O) groups excluding carboxylic acids is 2. The predicted molar refractivity (Wildman–Crippen MR) is 75.0 cm³/mol. The van der Waals surface area contributed by atoms with Crippen LogP contribution in [0.1, 0.15) is 38.8 Å². The van der Waals surface area contributed by atoms with Gasteiger partial charge in [-0.3, -0.25) is 4.79 Å². The molecular weight excluding hydrogens is 258 g/mol. The maximum atomic E-state index is 11.9. The van der Waals surface area contributed by atoms with Gasteiger partial charge in [-0.25, -0.2) is 4.98 Å². The number of hydrogen-bond donors (Lipinski definition) is 3. The molecule has 0 bridgehead atoms. The van der Waals surface area contributed by atoms with Gasteiger partial charge < -0.3 is 20.2 Å². The van der Waals surface area contributed by atoms with Gasteiger partial charge >= 0.3 is 0 Å². The summed E-state index contributed by atoms with van der Waals surface area (Å²) in [7, 11) is 0. The summed E-state index contributed by atoms with van der Waals surface area (Å²) in [6, 6.07) is -0.380. The molecule has 2 atom stereocenters. The van der Waals surface area contributed by atoms with Crippen LogP contribution in [0.4, 0.5) is 0 Å². The molecule has 6 nitrogen and oxygen atoms in total. The van der Waals surface area contributed by atoms with Crippen molar-refractivity contribution in [1.82, 2.24) is 15.3 Å². The van der Waals surface area contributed by atoms with E-state index in [1.165, 1.54) is 0 Å². The average Bonchev–Trinajstić information content (AvgIpc) is 2.88. The van der Waals surface area contributed by atoms with Crippen LogP contribution in [0, 0.1) is 5.92 Å². The second-order valence-electron chi connectivity index (χ2n) is 5.35. The van der Waals surface area contributed by atoms with E-state index in [1.807, 2.05) is 13.8 Å². The lowest BCUT2D eigenvalue weighted by Gasteiger charge is -2.24. The van der Waals surface area contributed by atoms with Gasteiger partial charge in [0, 0.05) is 24.7 Å². The third-order valence-corrected chi connectivity index (χ3v) is 3.05. The van der Waals surface area contributed by atoms with Gasteiger partial charge in [-0.2, -0.15) is 0 Å². The molecule has 1 amide bonds. The summed E-state index contributed by atoms with van der Waals surface area (Å²) in [6.45, 7) is 4.02. The van der Waals surface area contributed by atoms with Crippen LogP contribution in [0.2, 0.25) is 0 Å². The largest absolute Gasteiger partial charge is 0.391 e. The van der Waals surface area contributed by atoms with Crippen molar-refractivity contribution < 1.29 is 14.7 Å². The van der Waals surface area contributed by atoms with Crippen LogP contribution in [0.15, 0.2) is 12.5 Å². The van der Waals surface area contributed by atoms with Gasteiger partial charge in [-0.1, -0.05) is 13.8 Å². The minimum atomic E-state index is -0.828. The van der Waals surface area contributed by atoms with Crippen LogP contribution < -0.4 is 5.32 Å². The molecule has 0 radical (unpaired) electrons. The molecule has 0 aliphatic heterocycles. The molecular formula is C14H23N3O3. The zero-order valence-electron chi connectivity index (χ0n) is 12.0. The number of amides is 1. The summed E-state index contributed by atoms with van der Waals surface area (Å²) < 4.78 is 0. The van der Waals surface area contributed by atoms with Gasteiger partial charge in [0.2, 0.25) is 5.91 Å². The van der Waals surface area contributed by atoms with Crippen molar-refractivity contribution in [3.05, 3.63) is 18.2 Å². The molecule has 2 unspecified atom stereocenters. The molecule has 0 saturated heterocycles. The topological polar surface area (TPSA) is 95.1 Å². The number of aldehydes is 1. The van der Waals surface area contributed by atoms with Gasteiger partial charge in [-0.15, -0.1) is 0 Å². The van der Waals surface area contributed by atoms with Gasteiger partial charge in [-0.05, 0) is 18.8 Å². The molecule has 1 rings (SSSR count). The second-order valence-corrected chi connectivity index (χ2v) is 5.35. The first-order chi connectivity index (χ1) is 9.52. The highest BCUT2D eigenvalue weighted by atomic mass is 16.3. The van der Waals surface area contributed by atoms with Crippen molar-refractivity contribution >= 4 is 12.2 Å². The van der Waals surface area contributed by atoms with Crippen LogP contribution in [0.5, 0.6) is 0 Å². The lowest BCUT2D eigenvalue weighted by molar-refractivity contribution is -0.123. The van der Waals surface area contributed by atoms with Crippen LogP contribution in [0.25, 0.3) is 0 Å². The lowest BCUT2D eigenvalue weighted by atomic mass is 9.97. The van der Waals surface area contributed by atoms with Crippen molar-refractivity contribution in [2.75, 3.05) is 0 Å². The SMILES string of the molecule is CC(C)CC(NC(=O)CCc1cnc[nH]1)C(O)CC=O. The molecule has 0 spiro atoms. The first-order valence-electron chi connectivity index (χ1n) is 6.91. The number of aromatic nitrogens is 2. The third-order valence-electron chi connectivity index (χ3n) is 3.05. The second kappa shape index (κ2) is 8.47. The lowest BCUT2D eigenvalue weighted by Crippen LogP contribution is -2.44. The Hall–Kier alpha value is -1.69. The van der Waals surface area contributed by atoms with E-state index >= 15 is 0 Å². The molecule has 0 aliphatic carbocycles. The van der Waals surface area contributed by atoms with E-state index in [1.54, 1.807) is 12.5 Å². The van der Waals surface area contributed by atoms with Crippen molar-refractivity contribution in [2.45, 2.75) is 51.7 Å². The standard InChI is InChI=1S/C14H23N3O3/c1-10(2)7-12(13(19)5-6-18)17-14(20)4-3-11-8-15-9-16-11/h6,8-10,12-13,19H,3-5,7H2,1-2H3,(H,15,16)(H,17,20). The summed E-state index contributed by atoms with van der Waals surface area (Å²) in [5.74, 6) is 0.199. The van der Waals surface area contributed by atoms with Crippen molar-refractivity contribution in [2.24, 2.45) is 5.92 Å². The number of carbonyl (C=O) groups is 2. The quantitative estimate of drug-likeness (QED) is 0.584. The smallest absolute Gasteiger partial charge is 0.220 e. The summed E-state index contributed by atoms with van der Waals surface area (Å²) >= 11 is 0.